The van der Waals surface area contributed by atoms with Crippen LogP contribution in [0, 0.1) is 0 Å². The predicted octanol–water partition coefficient (Wildman–Crippen LogP) is 6.07. The molecule has 2 aromatic carbocycles. The fourth-order valence-corrected chi connectivity index (χ4v) is 4.70. The number of allylic oxidation sites excluding steroid dienone is 5. The van der Waals surface area contributed by atoms with Crippen LogP contribution in [0.1, 0.15) is 25.0 Å². The van der Waals surface area contributed by atoms with E-state index in [2.05, 4.69) is 9.80 Å². The van der Waals surface area contributed by atoms with Gasteiger partial charge >= 0.3 is 0 Å². The van der Waals surface area contributed by atoms with E-state index in [4.69, 9.17) is 0 Å². The molecule has 2 N–H and O–H groups in total. The average Bonchev–Trinajstić information content (AvgIpc) is 3.06. The topological polar surface area (TPSA) is 64.0 Å². The standard InChI is InChI=1S/C29H26N2O3/c1-3-30-21(15-13-19-9-5-7-11-25(19)30)17-23-27(32)24(29(34)28(23)33)18-22-16-14-20-10-6-8-12-26(20)31(22)4-2/h5-18,32H,3-4H2,1-2H3,(H,33,34)/b21-17+,22-18+. The number of para-hydroxylation sites is 2. The number of aliphatic hydroxyl groups is 2. The van der Waals surface area contributed by atoms with E-state index in [0.29, 0.717) is 13.1 Å². The molecule has 0 fully saturated rings. The molecular formula is C29H26N2O3. The highest BCUT2D eigenvalue weighted by Crippen LogP contribution is 2.36. The number of likely N-dealkylation sites (N-methyl/N-ethyl adjacent to an activating group) is 2. The summed E-state index contributed by atoms with van der Waals surface area (Å²) in [4.78, 5) is 17.1. The second kappa shape index (κ2) is 8.60. The van der Waals surface area contributed by atoms with Crippen molar-refractivity contribution in [1.29, 1.82) is 0 Å². The molecule has 0 saturated heterocycles. The van der Waals surface area contributed by atoms with E-state index in [9.17, 15) is 15.0 Å². The Hall–Kier alpha value is -4.25. The van der Waals surface area contributed by atoms with Gasteiger partial charge in [0.1, 0.15) is 5.76 Å². The van der Waals surface area contributed by atoms with Crippen molar-refractivity contribution in [2.24, 2.45) is 0 Å². The van der Waals surface area contributed by atoms with Gasteiger partial charge in [0.15, 0.2) is 5.76 Å². The molecule has 0 radical (unpaired) electrons. The first-order chi connectivity index (χ1) is 16.5. The molecule has 3 aliphatic rings. The summed E-state index contributed by atoms with van der Waals surface area (Å²) < 4.78 is 0. The molecule has 0 unspecified atom stereocenters. The van der Waals surface area contributed by atoms with Crippen molar-refractivity contribution in [3.8, 4) is 0 Å². The van der Waals surface area contributed by atoms with Crippen molar-refractivity contribution >= 4 is 29.3 Å². The molecule has 2 aromatic rings. The summed E-state index contributed by atoms with van der Waals surface area (Å²) in [5.74, 6) is -1.24. The van der Waals surface area contributed by atoms with Gasteiger partial charge in [0, 0.05) is 35.9 Å². The molecule has 2 heterocycles. The maximum Gasteiger partial charge on any atom is 0.231 e. The van der Waals surface area contributed by atoms with Crippen LogP contribution >= 0.6 is 0 Å². The third kappa shape index (κ3) is 3.46. The fourth-order valence-electron chi connectivity index (χ4n) is 4.70. The van der Waals surface area contributed by atoms with E-state index in [1.165, 1.54) is 0 Å². The lowest BCUT2D eigenvalue weighted by Crippen LogP contribution is -2.24. The number of nitrogens with zero attached hydrogens (tertiary/aromatic N) is 2. The molecule has 5 heteroatoms. The second-order valence-corrected chi connectivity index (χ2v) is 8.26. The minimum absolute atomic E-state index is 0.0880. The maximum absolute atomic E-state index is 13.0. The smallest absolute Gasteiger partial charge is 0.231 e. The summed E-state index contributed by atoms with van der Waals surface area (Å²) in [5, 5.41) is 21.7. The van der Waals surface area contributed by atoms with Crippen molar-refractivity contribution < 1.29 is 15.0 Å². The Morgan fingerprint density at radius 3 is 1.65 bits per heavy atom. The summed E-state index contributed by atoms with van der Waals surface area (Å²) in [6.45, 7) is 5.47. The number of carbonyl (C=O) groups is 1. The van der Waals surface area contributed by atoms with Crippen molar-refractivity contribution in [3.63, 3.8) is 0 Å². The molecule has 0 aromatic heterocycles. The number of carbonyl (C=O) groups excluding carboxylic acids is 1. The van der Waals surface area contributed by atoms with Gasteiger partial charge in [-0.25, -0.2) is 0 Å². The number of Topliss-reactive ketones (excluding diaryl/α,β-unsaturated/α-hetero) is 1. The van der Waals surface area contributed by atoms with E-state index in [0.717, 1.165) is 33.9 Å². The van der Waals surface area contributed by atoms with Gasteiger partial charge in [-0.05, 0) is 61.4 Å². The van der Waals surface area contributed by atoms with Crippen LogP contribution in [0.5, 0.6) is 0 Å². The lowest BCUT2D eigenvalue weighted by Gasteiger charge is -2.29. The summed E-state index contributed by atoms with van der Waals surface area (Å²) in [6.07, 6.45) is 11.2. The molecule has 1 aliphatic carbocycles. The van der Waals surface area contributed by atoms with Crippen LogP contribution in [0.2, 0.25) is 0 Å². The highest BCUT2D eigenvalue weighted by atomic mass is 16.3. The highest BCUT2D eigenvalue weighted by Gasteiger charge is 2.32. The van der Waals surface area contributed by atoms with Crippen LogP contribution in [-0.4, -0.2) is 29.1 Å². The third-order valence-electron chi connectivity index (χ3n) is 6.39. The molecule has 2 aliphatic heterocycles. The van der Waals surface area contributed by atoms with Crippen LogP contribution in [0.15, 0.2) is 107 Å². The number of benzene rings is 2. The SMILES string of the molecule is CCN1/C(=C/C2=C(O)C(/C=C3\C=Cc4ccccc4N3CC)=C(O)C2=O)C=Cc2ccccc21. The van der Waals surface area contributed by atoms with Crippen molar-refractivity contribution in [1.82, 2.24) is 0 Å². The van der Waals surface area contributed by atoms with Crippen LogP contribution in [0.3, 0.4) is 0 Å². The van der Waals surface area contributed by atoms with E-state index < -0.39 is 11.5 Å². The third-order valence-corrected chi connectivity index (χ3v) is 6.39. The van der Waals surface area contributed by atoms with E-state index >= 15 is 0 Å². The monoisotopic (exact) mass is 450 g/mol. The second-order valence-electron chi connectivity index (χ2n) is 8.26. The molecule has 0 atom stereocenters. The van der Waals surface area contributed by atoms with Crippen LogP contribution in [0.25, 0.3) is 12.2 Å². The molecule has 5 rings (SSSR count). The summed E-state index contributed by atoms with van der Waals surface area (Å²) >= 11 is 0. The normalized spacial score (nSPS) is 19.5. The van der Waals surface area contributed by atoms with Gasteiger partial charge in [-0.2, -0.15) is 0 Å². The highest BCUT2D eigenvalue weighted by molar-refractivity contribution is 6.14. The fraction of sp³-hybridized carbons (Fsp3) is 0.138. The van der Waals surface area contributed by atoms with Crippen molar-refractivity contribution in [2.75, 3.05) is 22.9 Å². The Kier molecular flexibility index (Phi) is 5.46. The molecule has 34 heavy (non-hydrogen) atoms. The van der Waals surface area contributed by atoms with Gasteiger partial charge in [0.05, 0.1) is 11.1 Å². The van der Waals surface area contributed by atoms with Gasteiger partial charge in [0.2, 0.25) is 5.78 Å². The van der Waals surface area contributed by atoms with Gasteiger partial charge in [0.25, 0.3) is 0 Å². The van der Waals surface area contributed by atoms with Gasteiger partial charge < -0.3 is 20.0 Å². The zero-order valence-corrected chi connectivity index (χ0v) is 19.2. The molecule has 170 valence electrons. The lowest BCUT2D eigenvalue weighted by atomic mass is 10.0. The number of ketones is 1. The summed E-state index contributed by atoms with van der Waals surface area (Å²) in [5.41, 5.74) is 6.05. The number of hydrogen-bond acceptors (Lipinski definition) is 5. The largest absolute Gasteiger partial charge is 0.506 e. The van der Waals surface area contributed by atoms with E-state index in [1.54, 1.807) is 12.2 Å². The van der Waals surface area contributed by atoms with Crippen molar-refractivity contribution in [2.45, 2.75) is 13.8 Å². The lowest BCUT2D eigenvalue weighted by molar-refractivity contribution is -0.114. The molecule has 0 bridgehead atoms. The van der Waals surface area contributed by atoms with E-state index in [-0.39, 0.29) is 16.9 Å². The minimum atomic E-state index is -0.580. The number of aliphatic hydroxyl groups excluding tert-OH is 2. The first kappa shape index (κ1) is 21.6. The Morgan fingerprint density at radius 1 is 0.676 bits per heavy atom. The quantitative estimate of drug-likeness (QED) is 0.592. The van der Waals surface area contributed by atoms with Crippen molar-refractivity contribution in [3.05, 3.63) is 118 Å². The number of anilines is 2. The van der Waals surface area contributed by atoms with E-state index in [1.807, 2.05) is 86.7 Å². The molecule has 0 saturated carbocycles. The summed E-state index contributed by atoms with van der Waals surface area (Å²) in [6, 6.07) is 16.1. The predicted molar refractivity (Wildman–Crippen MR) is 137 cm³/mol. The number of rotatable bonds is 4. The molecule has 5 nitrogen and oxygen atoms in total. The van der Waals surface area contributed by atoms with Crippen LogP contribution in [0.4, 0.5) is 11.4 Å². The van der Waals surface area contributed by atoms with Crippen LogP contribution < -0.4 is 9.80 Å². The maximum atomic E-state index is 13.0. The molecular weight excluding hydrogens is 424 g/mol. The first-order valence-electron chi connectivity index (χ1n) is 11.5. The Morgan fingerprint density at radius 2 is 1.15 bits per heavy atom. The summed E-state index contributed by atoms with van der Waals surface area (Å²) in [7, 11) is 0. The minimum Gasteiger partial charge on any atom is -0.506 e. The average molecular weight is 451 g/mol. The number of hydrogen-bond donors (Lipinski definition) is 2. The Bertz CT molecular complexity index is 1370. The van der Waals surface area contributed by atoms with Gasteiger partial charge in [-0.3, -0.25) is 4.79 Å². The van der Waals surface area contributed by atoms with Gasteiger partial charge in [-0.1, -0.05) is 48.6 Å². The molecule has 0 amide bonds. The van der Waals surface area contributed by atoms with Gasteiger partial charge in [-0.15, -0.1) is 0 Å². The Balaban J connectivity index is 1.54. The van der Waals surface area contributed by atoms with Crippen LogP contribution in [-0.2, 0) is 4.79 Å². The zero-order chi connectivity index (χ0) is 23.8. The first-order valence-corrected chi connectivity index (χ1v) is 11.5. The zero-order valence-electron chi connectivity index (χ0n) is 19.2. The Labute approximate surface area is 199 Å². The number of fused-ring (bicyclic) bond motifs is 2. The molecule has 0 spiro atoms.